The van der Waals surface area contributed by atoms with Crippen LogP contribution in [0.3, 0.4) is 0 Å². The van der Waals surface area contributed by atoms with Crippen molar-refractivity contribution < 1.29 is 0 Å². The Kier molecular flexibility index (Phi) is 3.00. The molecule has 1 aromatic carbocycles. The van der Waals surface area contributed by atoms with Gasteiger partial charge >= 0.3 is 0 Å². The molecular formula is C13H17N. The van der Waals surface area contributed by atoms with Crippen molar-refractivity contribution in [1.29, 1.82) is 0 Å². The smallest absolute Gasteiger partial charge is 0.00277 e. The molecule has 0 aliphatic heterocycles. The fraction of sp³-hybridized carbons (Fsp3) is 0.385. The Hall–Kier alpha value is -1.08. The van der Waals surface area contributed by atoms with E-state index in [1.54, 1.807) is 0 Å². The van der Waals surface area contributed by atoms with Crippen LogP contribution in [0.25, 0.3) is 6.08 Å². The fourth-order valence-corrected chi connectivity index (χ4v) is 2.07. The molecule has 0 fully saturated rings. The summed E-state index contributed by atoms with van der Waals surface area (Å²) < 4.78 is 0. The van der Waals surface area contributed by atoms with Crippen LogP contribution in [0.15, 0.2) is 30.3 Å². The molecule has 1 unspecified atom stereocenters. The first-order chi connectivity index (χ1) is 6.92. The molecule has 1 atom stereocenters. The predicted octanol–water partition coefficient (Wildman–Crippen LogP) is 2.80. The summed E-state index contributed by atoms with van der Waals surface area (Å²) in [4.78, 5) is 0. The normalized spacial score (nSPS) is 18.5. The Bertz CT molecular complexity index is 328. The molecule has 74 valence electrons. The highest BCUT2D eigenvalue weighted by atomic mass is 14.8. The SMILES string of the molecule is CNCCCC1C=Cc2ccccc21. The van der Waals surface area contributed by atoms with Crippen molar-refractivity contribution in [2.24, 2.45) is 0 Å². The van der Waals surface area contributed by atoms with Gasteiger partial charge in [0.15, 0.2) is 0 Å². The van der Waals surface area contributed by atoms with Crippen LogP contribution in [0.1, 0.15) is 29.9 Å². The minimum atomic E-state index is 0.652. The lowest BCUT2D eigenvalue weighted by atomic mass is 9.96. The monoisotopic (exact) mass is 187 g/mol. The maximum Gasteiger partial charge on any atom is 0.00277 e. The van der Waals surface area contributed by atoms with E-state index in [1.807, 2.05) is 7.05 Å². The maximum atomic E-state index is 3.19. The van der Waals surface area contributed by atoms with E-state index in [9.17, 15) is 0 Å². The van der Waals surface area contributed by atoms with Gasteiger partial charge in [-0.3, -0.25) is 0 Å². The van der Waals surface area contributed by atoms with Crippen molar-refractivity contribution in [3.8, 4) is 0 Å². The average molecular weight is 187 g/mol. The second-order valence-corrected chi connectivity index (χ2v) is 3.84. The van der Waals surface area contributed by atoms with Crippen molar-refractivity contribution in [1.82, 2.24) is 5.32 Å². The topological polar surface area (TPSA) is 12.0 Å². The molecule has 0 bridgehead atoms. The molecular weight excluding hydrogens is 170 g/mol. The number of rotatable bonds is 4. The predicted molar refractivity (Wildman–Crippen MR) is 61.4 cm³/mol. The van der Waals surface area contributed by atoms with Crippen LogP contribution >= 0.6 is 0 Å². The maximum absolute atomic E-state index is 3.19. The molecule has 1 heteroatoms. The summed E-state index contributed by atoms with van der Waals surface area (Å²) in [7, 11) is 2.01. The van der Waals surface area contributed by atoms with E-state index in [4.69, 9.17) is 0 Å². The highest BCUT2D eigenvalue weighted by Crippen LogP contribution is 2.32. The van der Waals surface area contributed by atoms with Crippen molar-refractivity contribution in [3.05, 3.63) is 41.5 Å². The van der Waals surface area contributed by atoms with Gasteiger partial charge in [0.1, 0.15) is 0 Å². The lowest BCUT2D eigenvalue weighted by Crippen LogP contribution is -2.08. The number of allylic oxidation sites excluding steroid dienone is 1. The standard InChI is InChI=1S/C13H17N/c1-14-10-4-6-12-9-8-11-5-2-3-7-13(11)12/h2-3,5,7-9,12,14H,4,6,10H2,1H3. The molecule has 0 radical (unpaired) electrons. The molecule has 14 heavy (non-hydrogen) atoms. The molecule has 1 aliphatic rings. The van der Waals surface area contributed by atoms with E-state index < -0.39 is 0 Å². The van der Waals surface area contributed by atoms with Crippen molar-refractivity contribution in [3.63, 3.8) is 0 Å². The van der Waals surface area contributed by atoms with E-state index >= 15 is 0 Å². The van der Waals surface area contributed by atoms with Gasteiger partial charge in [-0.15, -0.1) is 0 Å². The van der Waals surface area contributed by atoms with Gasteiger partial charge in [-0.1, -0.05) is 36.4 Å². The van der Waals surface area contributed by atoms with E-state index in [0.717, 1.165) is 6.54 Å². The third-order valence-electron chi connectivity index (χ3n) is 2.85. The Morgan fingerprint density at radius 2 is 2.14 bits per heavy atom. The molecule has 0 aromatic heterocycles. The summed E-state index contributed by atoms with van der Waals surface area (Å²) in [6.45, 7) is 1.12. The molecule has 0 spiro atoms. The molecule has 1 aliphatic carbocycles. The van der Waals surface area contributed by atoms with Gasteiger partial charge in [0.05, 0.1) is 0 Å². The minimum Gasteiger partial charge on any atom is -0.320 e. The quantitative estimate of drug-likeness (QED) is 0.715. The van der Waals surface area contributed by atoms with Crippen LogP contribution in [0, 0.1) is 0 Å². The Balaban J connectivity index is 2.00. The van der Waals surface area contributed by atoms with Gasteiger partial charge < -0.3 is 5.32 Å². The van der Waals surface area contributed by atoms with E-state index in [2.05, 4.69) is 41.7 Å². The number of hydrogen-bond acceptors (Lipinski definition) is 1. The van der Waals surface area contributed by atoms with Crippen LogP contribution in [0.4, 0.5) is 0 Å². The number of hydrogen-bond donors (Lipinski definition) is 1. The van der Waals surface area contributed by atoms with Gasteiger partial charge in [-0.25, -0.2) is 0 Å². The van der Waals surface area contributed by atoms with E-state index in [1.165, 1.54) is 24.0 Å². The Morgan fingerprint density at radius 1 is 1.29 bits per heavy atom. The summed E-state index contributed by atoms with van der Waals surface area (Å²) in [5.41, 5.74) is 2.91. The van der Waals surface area contributed by atoms with Crippen molar-refractivity contribution in [2.45, 2.75) is 18.8 Å². The van der Waals surface area contributed by atoms with Crippen LogP contribution in [-0.2, 0) is 0 Å². The van der Waals surface area contributed by atoms with Crippen LogP contribution in [0.5, 0.6) is 0 Å². The average Bonchev–Trinajstić information content (AvgIpc) is 2.63. The van der Waals surface area contributed by atoms with Gasteiger partial charge in [-0.2, -0.15) is 0 Å². The molecule has 1 aromatic rings. The zero-order valence-corrected chi connectivity index (χ0v) is 8.66. The Labute approximate surface area is 85.8 Å². The van der Waals surface area contributed by atoms with Crippen LogP contribution in [-0.4, -0.2) is 13.6 Å². The molecule has 2 rings (SSSR count). The minimum absolute atomic E-state index is 0.652. The fourth-order valence-electron chi connectivity index (χ4n) is 2.07. The molecule has 0 heterocycles. The first kappa shape index (κ1) is 9.47. The van der Waals surface area contributed by atoms with Crippen molar-refractivity contribution in [2.75, 3.05) is 13.6 Å². The summed E-state index contributed by atoms with van der Waals surface area (Å²) in [5.74, 6) is 0.652. The molecule has 1 nitrogen and oxygen atoms in total. The molecule has 0 saturated heterocycles. The van der Waals surface area contributed by atoms with Gasteiger partial charge in [0.25, 0.3) is 0 Å². The van der Waals surface area contributed by atoms with Gasteiger partial charge in [0.2, 0.25) is 0 Å². The lowest BCUT2D eigenvalue weighted by molar-refractivity contribution is 0.643. The zero-order chi connectivity index (χ0) is 9.80. The largest absolute Gasteiger partial charge is 0.320 e. The Morgan fingerprint density at radius 3 is 3.00 bits per heavy atom. The second-order valence-electron chi connectivity index (χ2n) is 3.84. The highest BCUT2D eigenvalue weighted by Gasteiger charge is 2.15. The van der Waals surface area contributed by atoms with Crippen molar-refractivity contribution >= 4 is 6.08 Å². The highest BCUT2D eigenvalue weighted by molar-refractivity contribution is 5.62. The summed E-state index contributed by atoms with van der Waals surface area (Å²) in [5, 5.41) is 3.19. The third-order valence-corrected chi connectivity index (χ3v) is 2.85. The van der Waals surface area contributed by atoms with Gasteiger partial charge in [0, 0.05) is 5.92 Å². The first-order valence-corrected chi connectivity index (χ1v) is 5.33. The van der Waals surface area contributed by atoms with Crippen LogP contribution < -0.4 is 5.32 Å². The lowest BCUT2D eigenvalue weighted by Gasteiger charge is -2.10. The summed E-state index contributed by atoms with van der Waals surface area (Å²) in [6, 6.07) is 8.69. The summed E-state index contributed by atoms with van der Waals surface area (Å²) >= 11 is 0. The molecule has 0 saturated carbocycles. The first-order valence-electron chi connectivity index (χ1n) is 5.33. The van der Waals surface area contributed by atoms with E-state index in [-0.39, 0.29) is 0 Å². The number of benzene rings is 1. The third kappa shape index (κ3) is 1.88. The molecule has 0 amide bonds. The second kappa shape index (κ2) is 4.43. The number of fused-ring (bicyclic) bond motifs is 1. The van der Waals surface area contributed by atoms with E-state index in [0.29, 0.717) is 5.92 Å². The summed E-state index contributed by atoms with van der Waals surface area (Å²) in [6.07, 6.45) is 7.09. The van der Waals surface area contributed by atoms with Gasteiger partial charge in [-0.05, 0) is 37.6 Å². The number of nitrogens with one attached hydrogen (secondary N) is 1. The van der Waals surface area contributed by atoms with Crippen LogP contribution in [0.2, 0.25) is 0 Å². The zero-order valence-electron chi connectivity index (χ0n) is 8.66. The molecule has 1 N–H and O–H groups in total.